The standard InChI is InChI=1S/C28H43N3O9/c1-12-29-22(33)37-17-19-13-15-20(16-14-19)31(25(36)40-28(9,10)11)21(32)18(2)30(23(34)38-26(3,4)5)24(35)39-27(6,7)8/h13-16,18H,12,17H2,1-11H3,(H,29,33). The van der Waals surface area contributed by atoms with Crippen molar-refractivity contribution in [3.63, 3.8) is 0 Å². The number of amides is 5. The minimum absolute atomic E-state index is 0.0477. The van der Waals surface area contributed by atoms with Crippen LogP contribution in [0.2, 0.25) is 0 Å². The molecule has 12 heteroatoms. The Morgan fingerprint density at radius 2 is 1.18 bits per heavy atom. The van der Waals surface area contributed by atoms with E-state index in [1.807, 2.05) is 0 Å². The van der Waals surface area contributed by atoms with Gasteiger partial charge in [-0.3, -0.25) is 4.79 Å². The second-order valence-corrected chi connectivity index (χ2v) is 11.9. The van der Waals surface area contributed by atoms with Crippen LogP contribution in [0.25, 0.3) is 0 Å². The van der Waals surface area contributed by atoms with Crippen molar-refractivity contribution in [3.05, 3.63) is 29.8 Å². The van der Waals surface area contributed by atoms with Crippen LogP contribution in [-0.4, -0.2) is 64.6 Å². The summed E-state index contributed by atoms with van der Waals surface area (Å²) in [4.78, 5) is 66.1. The van der Waals surface area contributed by atoms with Gasteiger partial charge in [-0.25, -0.2) is 24.1 Å². The van der Waals surface area contributed by atoms with Crippen molar-refractivity contribution in [1.82, 2.24) is 10.2 Å². The van der Waals surface area contributed by atoms with Crippen molar-refractivity contribution in [2.24, 2.45) is 0 Å². The third-order valence-corrected chi connectivity index (χ3v) is 4.61. The number of hydrogen-bond donors (Lipinski definition) is 1. The van der Waals surface area contributed by atoms with Gasteiger partial charge >= 0.3 is 24.4 Å². The number of anilines is 1. The summed E-state index contributed by atoms with van der Waals surface area (Å²) in [6.45, 7) is 17.9. The van der Waals surface area contributed by atoms with Gasteiger partial charge in [-0.15, -0.1) is 0 Å². The molecular weight excluding hydrogens is 522 g/mol. The lowest BCUT2D eigenvalue weighted by atomic mass is 10.1. The van der Waals surface area contributed by atoms with Gasteiger partial charge in [0.25, 0.3) is 5.91 Å². The maximum Gasteiger partial charge on any atom is 0.421 e. The number of rotatable bonds is 6. The summed E-state index contributed by atoms with van der Waals surface area (Å²) in [5.41, 5.74) is -2.26. The van der Waals surface area contributed by atoms with Gasteiger partial charge in [0.2, 0.25) is 0 Å². The maximum atomic E-state index is 13.8. The quantitative estimate of drug-likeness (QED) is 0.426. The molecule has 0 aliphatic heterocycles. The Morgan fingerprint density at radius 1 is 0.750 bits per heavy atom. The molecule has 40 heavy (non-hydrogen) atoms. The number of imide groups is 2. The third kappa shape index (κ3) is 11.5. The van der Waals surface area contributed by atoms with Gasteiger partial charge in [0.05, 0.1) is 5.69 Å². The molecule has 1 unspecified atom stereocenters. The predicted molar refractivity (Wildman–Crippen MR) is 148 cm³/mol. The van der Waals surface area contributed by atoms with Crippen LogP contribution in [0.1, 0.15) is 81.7 Å². The lowest BCUT2D eigenvalue weighted by Gasteiger charge is -2.33. The number of benzene rings is 1. The monoisotopic (exact) mass is 565 g/mol. The first-order valence-electron chi connectivity index (χ1n) is 13.0. The Bertz CT molecular complexity index is 1040. The second kappa shape index (κ2) is 13.5. The van der Waals surface area contributed by atoms with Crippen molar-refractivity contribution in [3.8, 4) is 0 Å². The molecule has 0 aliphatic carbocycles. The van der Waals surface area contributed by atoms with Gasteiger partial charge in [0.15, 0.2) is 0 Å². The number of nitrogens with one attached hydrogen (secondary N) is 1. The summed E-state index contributed by atoms with van der Waals surface area (Å²) in [5, 5.41) is 2.51. The minimum Gasteiger partial charge on any atom is -0.445 e. The number of nitrogens with zero attached hydrogens (tertiary/aromatic N) is 2. The Morgan fingerprint density at radius 3 is 1.57 bits per heavy atom. The molecule has 0 heterocycles. The van der Waals surface area contributed by atoms with Gasteiger partial charge < -0.3 is 24.3 Å². The highest BCUT2D eigenvalue weighted by Gasteiger charge is 2.42. The first-order chi connectivity index (χ1) is 18.1. The Kier molecular flexibility index (Phi) is 11.5. The number of carbonyl (C=O) groups is 5. The number of alkyl carbamates (subject to hydrolysis) is 1. The van der Waals surface area contributed by atoms with Crippen molar-refractivity contribution in [2.75, 3.05) is 11.4 Å². The van der Waals surface area contributed by atoms with E-state index in [1.165, 1.54) is 19.1 Å². The first kappa shape index (κ1) is 34.2. The van der Waals surface area contributed by atoms with Crippen LogP contribution in [0, 0.1) is 0 Å². The van der Waals surface area contributed by atoms with Gasteiger partial charge in [-0.1, -0.05) is 12.1 Å². The molecule has 1 aromatic carbocycles. The summed E-state index contributed by atoms with van der Waals surface area (Å²) in [6.07, 6.45) is -3.85. The third-order valence-electron chi connectivity index (χ3n) is 4.61. The molecule has 0 saturated heterocycles. The SMILES string of the molecule is CCNC(=O)OCc1ccc(N(C(=O)OC(C)(C)C)C(=O)C(C)N(C(=O)OC(C)(C)C)C(=O)OC(C)(C)C)cc1. The zero-order chi connectivity index (χ0) is 31.1. The molecule has 0 fully saturated rings. The summed E-state index contributed by atoms with van der Waals surface area (Å²) < 4.78 is 21.3. The van der Waals surface area contributed by atoms with E-state index in [0.717, 1.165) is 4.90 Å². The van der Waals surface area contributed by atoms with E-state index in [9.17, 15) is 24.0 Å². The highest BCUT2D eigenvalue weighted by Crippen LogP contribution is 2.24. The summed E-state index contributed by atoms with van der Waals surface area (Å²) >= 11 is 0. The van der Waals surface area contributed by atoms with E-state index in [-0.39, 0.29) is 12.3 Å². The topological polar surface area (TPSA) is 141 Å². The molecule has 1 rings (SSSR count). The normalized spacial score (nSPS) is 12.5. The van der Waals surface area contributed by atoms with Crippen LogP contribution in [0.15, 0.2) is 24.3 Å². The van der Waals surface area contributed by atoms with E-state index >= 15 is 0 Å². The Balaban J connectivity index is 3.46. The van der Waals surface area contributed by atoms with E-state index in [0.29, 0.717) is 17.0 Å². The van der Waals surface area contributed by atoms with Gasteiger partial charge in [0, 0.05) is 6.54 Å². The smallest absolute Gasteiger partial charge is 0.421 e. The van der Waals surface area contributed by atoms with Crippen molar-refractivity contribution in [1.29, 1.82) is 0 Å². The van der Waals surface area contributed by atoms with Crippen LogP contribution >= 0.6 is 0 Å². The van der Waals surface area contributed by atoms with Crippen molar-refractivity contribution >= 4 is 36.0 Å². The molecule has 0 bridgehead atoms. The molecule has 0 spiro atoms. The second-order valence-electron chi connectivity index (χ2n) is 11.9. The number of carbonyl (C=O) groups excluding carboxylic acids is 5. The lowest BCUT2D eigenvalue weighted by molar-refractivity contribution is -0.123. The molecule has 0 aliphatic rings. The number of ether oxygens (including phenoxy) is 4. The highest BCUT2D eigenvalue weighted by molar-refractivity contribution is 6.15. The van der Waals surface area contributed by atoms with E-state index < -0.39 is 53.1 Å². The molecule has 224 valence electrons. The molecule has 1 aromatic rings. The van der Waals surface area contributed by atoms with E-state index in [2.05, 4.69) is 5.32 Å². The van der Waals surface area contributed by atoms with E-state index in [4.69, 9.17) is 18.9 Å². The Labute approximate surface area is 236 Å². The summed E-state index contributed by atoms with van der Waals surface area (Å²) in [5.74, 6) is -0.947. The van der Waals surface area contributed by atoms with Crippen LogP contribution in [0.4, 0.5) is 24.9 Å². The fourth-order valence-electron chi connectivity index (χ4n) is 3.03. The molecule has 0 aromatic heterocycles. The summed E-state index contributed by atoms with van der Waals surface area (Å²) in [7, 11) is 0. The van der Waals surface area contributed by atoms with E-state index in [1.54, 1.807) is 81.4 Å². The molecule has 0 saturated carbocycles. The fraction of sp³-hybridized carbons (Fsp3) is 0.607. The largest absolute Gasteiger partial charge is 0.445 e. The fourth-order valence-corrected chi connectivity index (χ4v) is 3.03. The maximum absolute atomic E-state index is 13.8. The van der Waals surface area contributed by atoms with Gasteiger partial charge in [0.1, 0.15) is 29.5 Å². The number of hydrogen-bond acceptors (Lipinski definition) is 9. The lowest BCUT2D eigenvalue weighted by Crippen LogP contribution is -2.56. The van der Waals surface area contributed by atoms with Crippen LogP contribution in [-0.2, 0) is 30.3 Å². The average molecular weight is 566 g/mol. The van der Waals surface area contributed by atoms with Crippen LogP contribution in [0.5, 0.6) is 0 Å². The van der Waals surface area contributed by atoms with Gasteiger partial charge in [-0.05, 0) is 93.9 Å². The zero-order valence-corrected chi connectivity index (χ0v) is 25.4. The average Bonchev–Trinajstić information content (AvgIpc) is 2.75. The molecule has 0 radical (unpaired) electrons. The summed E-state index contributed by atoms with van der Waals surface area (Å²) in [6, 6.07) is 4.50. The molecule has 1 atom stereocenters. The molecular formula is C28H43N3O9. The highest BCUT2D eigenvalue weighted by atomic mass is 16.6. The van der Waals surface area contributed by atoms with Crippen molar-refractivity contribution in [2.45, 2.75) is 106 Å². The zero-order valence-electron chi connectivity index (χ0n) is 25.4. The Hall–Kier alpha value is -3.83. The van der Waals surface area contributed by atoms with Crippen LogP contribution < -0.4 is 10.2 Å². The van der Waals surface area contributed by atoms with Crippen molar-refractivity contribution < 1.29 is 42.9 Å². The molecule has 5 amide bonds. The van der Waals surface area contributed by atoms with Gasteiger partial charge in [-0.2, -0.15) is 4.90 Å². The molecule has 12 nitrogen and oxygen atoms in total. The minimum atomic E-state index is -1.53. The van der Waals surface area contributed by atoms with Crippen LogP contribution in [0.3, 0.4) is 0 Å². The predicted octanol–water partition coefficient (Wildman–Crippen LogP) is 5.76. The first-order valence-corrected chi connectivity index (χ1v) is 13.0. The molecule has 1 N–H and O–H groups in total.